The second kappa shape index (κ2) is 6.95. The van der Waals surface area contributed by atoms with Crippen LogP contribution in [0.4, 0.5) is 17.1 Å². The molecule has 3 rings (SSSR count). The summed E-state index contributed by atoms with van der Waals surface area (Å²) in [5.41, 5.74) is 3.46. The highest BCUT2D eigenvalue weighted by Gasteiger charge is 2.35. The summed E-state index contributed by atoms with van der Waals surface area (Å²) in [6.45, 7) is 4.31. The number of nitrogens with zero attached hydrogens (tertiary/aromatic N) is 2. The molecule has 0 saturated carbocycles. The molecule has 1 atom stereocenters. The first-order valence-electron chi connectivity index (χ1n) is 8.28. The Morgan fingerprint density at radius 2 is 1.85 bits per heavy atom. The first-order chi connectivity index (χ1) is 12.3. The molecule has 1 fully saturated rings. The van der Waals surface area contributed by atoms with Gasteiger partial charge in [-0.05, 0) is 49.2 Å². The van der Waals surface area contributed by atoms with Gasteiger partial charge in [-0.1, -0.05) is 6.07 Å². The van der Waals surface area contributed by atoms with Crippen LogP contribution in [0.5, 0.6) is 0 Å². The van der Waals surface area contributed by atoms with E-state index in [0.29, 0.717) is 12.2 Å². The number of hydrogen-bond acceptors (Lipinski definition) is 4. The lowest BCUT2D eigenvalue weighted by Gasteiger charge is -2.18. The van der Waals surface area contributed by atoms with Crippen LogP contribution in [-0.4, -0.2) is 23.3 Å². The van der Waals surface area contributed by atoms with Crippen molar-refractivity contribution in [3.8, 4) is 0 Å². The van der Waals surface area contributed by atoms with E-state index >= 15 is 0 Å². The second-order valence-corrected chi connectivity index (χ2v) is 6.47. The van der Waals surface area contributed by atoms with Crippen molar-refractivity contribution in [2.45, 2.75) is 20.3 Å². The van der Waals surface area contributed by atoms with E-state index in [0.717, 1.165) is 16.8 Å². The molecule has 134 valence electrons. The van der Waals surface area contributed by atoms with Crippen molar-refractivity contribution < 1.29 is 14.5 Å². The lowest BCUT2D eigenvalue weighted by Crippen LogP contribution is -2.28. The topological polar surface area (TPSA) is 92.6 Å². The number of carbonyl (C=O) groups is 2. The fourth-order valence-electron chi connectivity index (χ4n) is 2.94. The summed E-state index contributed by atoms with van der Waals surface area (Å²) in [5, 5.41) is 13.4. The molecule has 7 heteroatoms. The van der Waals surface area contributed by atoms with Crippen molar-refractivity contribution in [1.82, 2.24) is 0 Å². The predicted molar refractivity (Wildman–Crippen MR) is 98.1 cm³/mol. The minimum absolute atomic E-state index is 0.0417. The third kappa shape index (κ3) is 3.56. The quantitative estimate of drug-likeness (QED) is 0.675. The van der Waals surface area contributed by atoms with Gasteiger partial charge in [-0.15, -0.1) is 0 Å². The SMILES string of the molecule is Cc1ccc(N2C[C@H](C(=O)Nc3ccc([N+](=O)[O-])cc3)CC2=O)cc1C. The molecule has 0 aromatic heterocycles. The van der Waals surface area contributed by atoms with E-state index in [4.69, 9.17) is 0 Å². The molecule has 7 nitrogen and oxygen atoms in total. The molecule has 0 radical (unpaired) electrons. The summed E-state index contributed by atoms with van der Waals surface area (Å²) in [6, 6.07) is 11.4. The summed E-state index contributed by atoms with van der Waals surface area (Å²) < 4.78 is 0. The average Bonchev–Trinajstić information content (AvgIpc) is 3.00. The summed E-state index contributed by atoms with van der Waals surface area (Å²) in [4.78, 5) is 36.6. The molecule has 0 bridgehead atoms. The number of anilines is 2. The van der Waals surface area contributed by atoms with E-state index in [-0.39, 0.29) is 23.9 Å². The molecule has 2 aromatic carbocycles. The van der Waals surface area contributed by atoms with E-state index < -0.39 is 10.8 Å². The first kappa shape index (κ1) is 17.6. The van der Waals surface area contributed by atoms with E-state index in [1.54, 1.807) is 4.90 Å². The molecule has 1 N–H and O–H groups in total. The van der Waals surface area contributed by atoms with Gasteiger partial charge in [0.1, 0.15) is 0 Å². The maximum atomic E-state index is 12.5. The van der Waals surface area contributed by atoms with Crippen molar-refractivity contribution in [3.05, 3.63) is 63.7 Å². The van der Waals surface area contributed by atoms with Crippen molar-refractivity contribution in [3.63, 3.8) is 0 Å². The summed E-state index contributed by atoms with van der Waals surface area (Å²) in [7, 11) is 0. The fraction of sp³-hybridized carbons (Fsp3) is 0.263. The van der Waals surface area contributed by atoms with Crippen LogP contribution in [-0.2, 0) is 9.59 Å². The maximum Gasteiger partial charge on any atom is 0.269 e. The van der Waals surface area contributed by atoms with Crippen LogP contribution in [0.3, 0.4) is 0 Å². The van der Waals surface area contributed by atoms with Gasteiger partial charge in [-0.2, -0.15) is 0 Å². The van der Waals surface area contributed by atoms with E-state index in [1.165, 1.54) is 24.3 Å². The van der Waals surface area contributed by atoms with Crippen LogP contribution in [0.25, 0.3) is 0 Å². The van der Waals surface area contributed by atoms with Crippen LogP contribution in [0.1, 0.15) is 17.5 Å². The Morgan fingerprint density at radius 3 is 2.46 bits per heavy atom. The molecule has 2 amide bonds. The Balaban J connectivity index is 1.68. The zero-order chi connectivity index (χ0) is 18.8. The van der Waals surface area contributed by atoms with Crippen molar-refractivity contribution in [2.24, 2.45) is 5.92 Å². The molecular weight excluding hydrogens is 334 g/mol. The van der Waals surface area contributed by atoms with Crippen molar-refractivity contribution in [1.29, 1.82) is 0 Å². The largest absolute Gasteiger partial charge is 0.326 e. The van der Waals surface area contributed by atoms with Crippen LogP contribution in [0, 0.1) is 29.9 Å². The Bertz CT molecular complexity index is 877. The fourth-order valence-corrected chi connectivity index (χ4v) is 2.94. The summed E-state index contributed by atoms with van der Waals surface area (Å²) in [5.74, 6) is -0.810. The zero-order valence-electron chi connectivity index (χ0n) is 14.6. The van der Waals surface area contributed by atoms with Gasteiger partial charge >= 0.3 is 0 Å². The summed E-state index contributed by atoms with van der Waals surface area (Å²) in [6.07, 6.45) is 0.145. The van der Waals surface area contributed by atoms with Crippen LogP contribution in [0.15, 0.2) is 42.5 Å². The number of nitro benzene ring substituents is 1. The Labute approximate surface area is 150 Å². The summed E-state index contributed by atoms with van der Waals surface area (Å²) >= 11 is 0. The van der Waals surface area contributed by atoms with E-state index in [2.05, 4.69) is 5.32 Å². The van der Waals surface area contributed by atoms with Crippen molar-refractivity contribution >= 4 is 28.9 Å². The Kier molecular flexibility index (Phi) is 4.71. The van der Waals surface area contributed by atoms with Gasteiger partial charge in [-0.25, -0.2) is 0 Å². The minimum atomic E-state index is -0.497. The maximum absolute atomic E-state index is 12.5. The lowest BCUT2D eigenvalue weighted by molar-refractivity contribution is -0.384. The number of amides is 2. The second-order valence-electron chi connectivity index (χ2n) is 6.47. The monoisotopic (exact) mass is 353 g/mol. The molecule has 2 aromatic rings. The highest BCUT2D eigenvalue weighted by atomic mass is 16.6. The Morgan fingerprint density at radius 1 is 1.15 bits per heavy atom. The van der Waals surface area contributed by atoms with Crippen molar-refractivity contribution in [2.75, 3.05) is 16.8 Å². The third-order valence-corrected chi connectivity index (χ3v) is 4.64. The molecule has 0 aliphatic carbocycles. The standard InChI is InChI=1S/C19H19N3O4/c1-12-3-6-17(9-13(12)2)21-11-14(10-18(21)23)19(24)20-15-4-7-16(8-5-15)22(25)26/h3-9,14H,10-11H2,1-2H3,(H,20,24)/t14-/m1/s1. The predicted octanol–water partition coefficient (Wildman–Crippen LogP) is 3.20. The number of aryl methyl sites for hydroxylation is 2. The number of hydrogen-bond donors (Lipinski definition) is 1. The molecule has 0 unspecified atom stereocenters. The molecule has 1 saturated heterocycles. The highest BCUT2D eigenvalue weighted by Crippen LogP contribution is 2.27. The molecule has 1 aliphatic rings. The van der Waals surface area contributed by atoms with Crippen LogP contribution in [0.2, 0.25) is 0 Å². The average molecular weight is 353 g/mol. The molecule has 1 aliphatic heterocycles. The van der Waals surface area contributed by atoms with Gasteiger partial charge in [0.15, 0.2) is 0 Å². The van der Waals surface area contributed by atoms with Gasteiger partial charge in [0.25, 0.3) is 5.69 Å². The first-order valence-corrected chi connectivity index (χ1v) is 8.28. The number of rotatable bonds is 4. The number of nitro groups is 1. The van der Waals surface area contributed by atoms with Gasteiger partial charge in [0, 0.05) is 36.5 Å². The number of carbonyl (C=O) groups excluding carboxylic acids is 2. The smallest absolute Gasteiger partial charge is 0.269 e. The number of non-ortho nitro benzene ring substituents is 1. The van der Waals surface area contributed by atoms with Gasteiger partial charge in [0.2, 0.25) is 11.8 Å². The lowest BCUT2D eigenvalue weighted by atomic mass is 10.1. The number of benzene rings is 2. The third-order valence-electron chi connectivity index (χ3n) is 4.64. The van der Waals surface area contributed by atoms with Gasteiger partial charge in [-0.3, -0.25) is 19.7 Å². The van der Waals surface area contributed by atoms with Crippen LogP contribution >= 0.6 is 0 Å². The Hall–Kier alpha value is -3.22. The molecule has 0 spiro atoms. The van der Waals surface area contributed by atoms with Crippen LogP contribution < -0.4 is 10.2 Å². The number of nitrogens with one attached hydrogen (secondary N) is 1. The normalized spacial score (nSPS) is 16.6. The molecular formula is C19H19N3O4. The van der Waals surface area contributed by atoms with Gasteiger partial charge < -0.3 is 10.2 Å². The van der Waals surface area contributed by atoms with E-state index in [9.17, 15) is 19.7 Å². The van der Waals surface area contributed by atoms with Gasteiger partial charge in [0.05, 0.1) is 10.8 Å². The zero-order valence-corrected chi connectivity index (χ0v) is 14.6. The highest BCUT2D eigenvalue weighted by molar-refractivity contribution is 6.03. The molecule has 1 heterocycles. The minimum Gasteiger partial charge on any atom is -0.326 e. The van der Waals surface area contributed by atoms with E-state index in [1.807, 2.05) is 32.0 Å². The molecule has 26 heavy (non-hydrogen) atoms.